The van der Waals surface area contributed by atoms with E-state index >= 15 is 0 Å². The van der Waals surface area contributed by atoms with Gasteiger partial charge in [-0.2, -0.15) is 0 Å². The van der Waals surface area contributed by atoms with Crippen LogP contribution in [0.1, 0.15) is 15.9 Å². The van der Waals surface area contributed by atoms with Gasteiger partial charge in [-0.3, -0.25) is 4.79 Å². The van der Waals surface area contributed by atoms with E-state index in [9.17, 15) is 4.79 Å². The third kappa shape index (κ3) is 4.13. The molecule has 0 aliphatic carbocycles. The first-order chi connectivity index (χ1) is 10.7. The van der Waals surface area contributed by atoms with Gasteiger partial charge in [-0.25, -0.2) is 0 Å². The number of rotatable bonds is 2. The molecule has 6 heteroatoms. The number of nitrogen functional groups attached to an aromatic ring is 1. The number of hydrogen-bond donors (Lipinski definition) is 1. The average Bonchev–Trinajstić information content (AvgIpc) is 2.55. The minimum Gasteiger partial charge on any atom is -0.398 e. The fourth-order valence-corrected chi connectivity index (χ4v) is 2.93. The summed E-state index contributed by atoms with van der Waals surface area (Å²) >= 11 is 0. The summed E-state index contributed by atoms with van der Waals surface area (Å²) < 4.78 is 0. The Labute approximate surface area is 155 Å². The number of para-hydroxylation sites is 2. The van der Waals surface area contributed by atoms with Crippen molar-refractivity contribution in [3.8, 4) is 0 Å². The molecule has 1 amide bonds. The fraction of sp³-hybridized carbons (Fsp3) is 0.278. The van der Waals surface area contributed by atoms with E-state index in [0.717, 1.165) is 26.2 Å². The summed E-state index contributed by atoms with van der Waals surface area (Å²) in [5, 5.41) is 0. The van der Waals surface area contributed by atoms with Gasteiger partial charge in [-0.1, -0.05) is 30.3 Å². The number of anilines is 2. The summed E-state index contributed by atoms with van der Waals surface area (Å²) in [6.45, 7) is 5.27. The normalized spacial score (nSPS) is 13.7. The van der Waals surface area contributed by atoms with E-state index in [-0.39, 0.29) is 30.7 Å². The number of carbonyl (C=O) groups is 1. The highest BCUT2D eigenvalue weighted by molar-refractivity contribution is 5.99. The molecule has 0 spiro atoms. The van der Waals surface area contributed by atoms with Crippen molar-refractivity contribution in [1.29, 1.82) is 0 Å². The van der Waals surface area contributed by atoms with Crippen LogP contribution < -0.4 is 10.6 Å². The molecule has 0 atom stereocenters. The van der Waals surface area contributed by atoms with Crippen molar-refractivity contribution in [3.63, 3.8) is 0 Å². The number of nitrogens with zero attached hydrogens (tertiary/aromatic N) is 2. The molecule has 24 heavy (non-hydrogen) atoms. The van der Waals surface area contributed by atoms with Gasteiger partial charge in [0.1, 0.15) is 0 Å². The summed E-state index contributed by atoms with van der Waals surface area (Å²) in [4.78, 5) is 16.8. The van der Waals surface area contributed by atoms with Crippen LogP contribution in [0.15, 0.2) is 48.5 Å². The van der Waals surface area contributed by atoms with Gasteiger partial charge < -0.3 is 15.5 Å². The van der Waals surface area contributed by atoms with Gasteiger partial charge in [0.15, 0.2) is 0 Å². The third-order valence-corrected chi connectivity index (χ3v) is 4.21. The highest BCUT2D eigenvalue weighted by Crippen LogP contribution is 2.22. The van der Waals surface area contributed by atoms with Crippen LogP contribution in [0.25, 0.3) is 0 Å². The Morgan fingerprint density at radius 3 is 2.12 bits per heavy atom. The van der Waals surface area contributed by atoms with Crippen molar-refractivity contribution in [1.82, 2.24) is 4.90 Å². The number of halogens is 2. The Kier molecular flexibility index (Phi) is 7.39. The molecule has 0 aromatic heterocycles. The van der Waals surface area contributed by atoms with Gasteiger partial charge >= 0.3 is 0 Å². The molecule has 2 N–H and O–H groups in total. The van der Waals surface area contributed by atoms with Gasteiger partial charge in [0.2, 0.25) is 0 Å². The van der Waals surface area contributed by atoms with E-state index in [1.165, 1.54) is 11.3 Å². The van der Waals surface area contributed by atoms with Crippen molar-refractivity contribution in [2.75, 3.05) is 36.8 Å². The predicted octanol–water partition coefficient (Wildman–Crippen LogP) is 3.38. The molecule has 1 aliphatic rings. The highest BCUT2D eigenvalue weighted by Gasteiger charge is 2.23. The molecule has 1 heterocycles. The number of aryl methyl sites for hydroxylation is 1. The maximum atomic E-state index is 12.6. The van der Waals surface area contributed by atoms with Gasteiger partial charge in [-0.05, 0) is 30.7 Å². The highest BCUT2D eigenvalue weighted by atomic mass is 35.5. The second kappa shape index (κ2) is 8.81. The standard InChI is InChI=1S/C18H21N3O.2ClH/c1-14-6-2-5-9-17(14)20-10-12-21(13-11-20)18(22)15-7-3-4-8-16(15)19;;/h2-9H,10-13,19H2,1H3;2*1H. The maximum absolute atomic E-state index is 12.6. The molecule has 130 valence electrons. The lowest BCUT2D eigenvalue weighted by atomic mass is 10.1. The first-order valence-corrected chi connectivity index (χ1v) is 7.61. The number of carbonyl (C=O) groups excluding carboxylic acids is 1. The Balaban J connectivity index is 0.00000144. The number of benzene rings is 2. The van der Waals surface area contributed by atoms with Crippen LogP contribution >= 0.6 is 24.8 Å². The molecular weight excluding hydrogens is 345 g/mol. The summed E-state index contributed by atoms with van der Waals surface area (Å²) in [6.07, 6.45) is 0. The van der Waals surface area contributed by atoms with Gasteiger partial charge in [0.25, 0.3) is 5.91 Å². The first-order valence-electron chi connectivity index (χ1n) is 7.61. The van der Waals surface area contributed by atoms with Gasteiger partial charge in [0.05, 0.1) is 5.56 Å². The predicted molar refractivity (Wildman–Crippen MR) is 105 cm³/mol. The first kappa shape index (κ1) is 20.1. The molecule has 4 nitrogen and oxygen atoms in total. The molecule has 0 bridgehead atoms. The monoisotopic (exact) mass is 367 g/mol. The molecule has 0 radical (unpaired) electrons. The fourth-order valence-electron chi connectivity index (χ4n) is 2.93. The minimum atomic E-state index is 0. The largest absolute Gasteiger partial charge is 0.398 e. The second-order valence-corrected chi connectivity index (χ2v) is 5.65. The molecular formula is C18H23Cl2N3O. The Hall–Kier alpha value is -1.91. The van der Waals surface area contributed by atoms with Crippen LogP contribution in [0, 0.1) is 6.92 Å². The lowest BCUT2D eigenvalue weighted by Crippen LogP contribution is -2.49. The molecule has 2 aromatic carbocycles. The summed E-state index contributed by atoms with van der Waals surface area (Å²) in [5.74, 6) is 0.0301. The van der Waals surface area contributed by atoms with Crippen molar-refractivity contribution in [2.45, 2.75) is 6.92 Å². The van der Waals surface area contributed by atoms with Crippen LogP contribution in [0.3, 0.4) is 0 Å². The minimum absolute atomic E-state index is 0. The molecule has 0 saturated carbocycles. The second-order valence-electron chi connectivity index (χ2n) is 5.65. The van der Waals surface area contributed by atoms with E-state index in [4.69, 9.17) is 5.73 Å². The van der Waals surface area contributed by atoms with E-state index in [1.54, 1.807) is 12.1 Å². The van der Waals surface area contributed by atoms with E-state index in [1.807, 2.05) is 17.0 Å². The van der Waals surface area contributed by atoms with Gasteiger partial charge in [0, 0.05) is 37.6 Å². The summed E-state index contributed by atoms with van der Waals surface area (Å²) in [7, 11) is 0. The molecule has 1 saturated heterocycles. The van der Waals surface area contributed by atoms with Gasteiger partial charge in [-0.15, -0.1) is 24.8 Å². The summed E-state index contributed by atoms with van der Waals surface area (Å²) in [6, 6.07) is 15.7. The van der Waals surface area contributed by atoms with E-state index in [0.29, 0.717) is 11.3 Å². The van der Waals surface area contributed by atoms with Crippen LogP contribution in [0.5, 0.6) is 0 Å². The van der Waals surface area contributed by atoms with Crippen molar-refractivity contribution < 1.29 is 4.79 Å². The quantitative estimate of drug-likeness (QED) is 0.827. The van der Waals surface area contributed by atoms with Crippen LogP contribution in [-0.2, 0) is 0 Å². The zero-order valence-corrected chi connectivity index (χ0v) is 15.3. The zero-order chi connectivity index (χ0) is 15.5. The molecule has 3 rings (SSSR count). The summed E-state index contributed by atoms with van der Waals surface area (Å²) in [5.41, 5.74) is 9.59. The molecule has 1 aliphatic heterocycles. The van der Waals surface area contributed by atoms with E-state index < -0.39 is 0 Å². The number of piperazine rings is 1. The number of hydrogen-bond acceptors (Lipinski definition) is 3. The SMILES string of the molecule is Cc1ccccc1N1CCN(C(=O)c2ccccc2N)CC1.Cl.Cl. The van der Waals surface area contributed by atoms with Crippen LogP contribution in [0.2, 0.25) is 0 Å². The van der Waals surface area contributed by atoms with Crippen molar-refractivity contribution >= 4 is 42.1 Å². The molecule has 0 unspecified atom stereocenters. The van der Waals surface area contributed by atoms with Crippen LogP contribution in [0.4, 0.5) is 11.4 Å². The average molecular weight is 368 g/mol. The molecule has 1 fully saturated rings. The third-order valence-electron chi connectivity index (χ3n) is 4.21. The molecule has 2 aromatic rings. The number of amides is 1. The topological polar surface area (TPSA) is 49.6 Å². The van der Waals surface area contributed by atoms with E-state index in [2.05, 4.69) is 36.1 Å². The maximum Gasteiger partial charge on any atom is 0.256 e. The Morgan fingerprint density at radius 2 is 1.50 bits per heavy atom. The van der Waals surface area contributed by atoms with Crippen molar-refractivity contribution in [2.24, 2.45) is 0 Å². The van der Waals surface area contributed by atoms with Crippen LogP contribution in [-0.4, -0.2) is 37.0 Å². The smallest absolute Gasteiger partial charge is 0.256 e. The zero-order valence-electron chi connectivity index (χ0n) is 13.6. The Morgan fingerprint density at radius 1 is 0.917 bits per heavy atom. The lowest BCUT2D eigenvalue weighted by molar-refractivity contribution is 0.0748. The van der Waals surface area contributed by atoms with Crippen molar-refractivity contribution in [3.05, 3.63) is 59.7 Å². The lowest BCUT2D eigenvalue weighted by Gasteiger charge is -2.37. The number of nitrogens with two attached hydrogens (primary N) is 1. The Bertz CT molecular complexity index is 685.